The van der Waals surface area contributed by atoms with Crippen LogP contribution in [-0.2, 0) is 0 Å². The highest BCUT2D eigenvalue weighted by Gasteiger charge is 2.25. The topological polar surface area (TPSA) is 62.2 Å². The molecule has 0 spiro atoms. The van der Waals surface area contributed by atoms with Gasteiger partial charge in [-0.3, -0.25) is 4.79 Å². The number of hydrogen-bond donors (Lipinski definition) is 2. The number of aliphatic hydroxyl groups excluding tert-OH is 1. The number of nitrogens with zero attached hydrogens (tertiary/aromatic N) is 1. The molecule has 1 saturated carbocycles. The van der Waals surface area contributed by atoms with Crippen molar-refractivity contribution in [1.82, 2.24) is 10.3 Å². The van der Waals surface area contributed by atoms with Crippen molar-refractivity contribution in [1.29, 1.82) is 0 Å². The normalized spacial score (nSPS) is 23.9. The van der Waals surface area contributed by atoms with Crippen LogP contribution in [0.15, 0.2) is 5.38 Å². The van der Waals surface area contributed by atoms with E-state index in [1.54, 1.807) is 5.38 Å². The van der Waals surface area contributed by atoms with Crippen molar-refractivity contribution >= 4 is 17.2 Å². The summed E-state index contributed by atoms with van der Waals surface area (Å²) in [5.74, 6) is 0.658. The van der Waals surface area contributed by atoms with Gasteiger partial charge in [-0.1, -0.05) is 12.8 Å². The van der Waals surface area contributed by atoms with E-state index in [9.17, 15) is 9.90 Å². The molecule has 0 aromatic carbocycles. The predicted octanol–water partition coefficient (Wildman–Crippen LogP) is 1.98. The van der Waals surface area contributed by atoms with Gasteiger partial charge in [-0.15, -0.1) is 11.3 Å². The van der Waals surface area contributed by atoms with Gasteiger partial charge in [0.1, 0.15) is 5.69 Å². The summed E-state index contributed by atoms with van der Waals surface area (Å²) in [5.41, 5.74) is 0.508. The van der Waals surface area contributed by atoms with Crippen molar-refractivity contribution in [2.75, 3.05) is 13.2 Å². The molecule has 100 valence electrons. The second kappa shape index (κ2) is 6.29. The van der Waals surface area contributed by atoms with Gasteiger partial charge in [0.25, 0.3) is 5.91 Å². The third-order valence-corrected chi connectivity index (χ3v) is 4.45. The SMILES string of the molecule is Cc1nc(C(=O)NCC2CCCCC2CO)cs1. The zero-order valence-corrected chi connectivity index (χ0v) is 11.5. The number of hydrogen-bond acceptors (Lipinski definition) is 4. The molecule has 1 aromatic heterocycles. The molecule has 2 unspecified atom stereocenters. The summed E-state index contributed by atoms with van der Waals surface area (Å²) in [6, 6.07) is 0. The Hall–Kier alpha value is -0.940. The van der Waals surface area contributed by atoms with Gasteiger partial charge >= 0.3 is 0 Å². The minimum Gasteiger partial charge on any atom is -0.396 e. The van der Waals surface area contributed by atoms with E-state index in [2.05, 4.69) is 10.3 Å². The lowest BCUT2D eigenvalue weighted by Gasteiger charge is -2.30. The number of amides is 1. The summed E-state index contributed by atoms with van der Waals surface area (Å²) in [5, 5.41) is 15.0. The molecular formula is C13H20N2O2S. The van der Waals surface area contributed by atoms with Gasteiger partial charge in [0.15, 0.2) is 0 Å². The Morgan fingerprint density at radius 3 is 2.83 bits per heavy atom. The lowest BCUT2D eigenvalue weighted by molar-refractivity contribution is 0.0905. The molecule has 1 aromatic rings. The summed E-state index contributed by atoms with van der Waals surface area (Å²) in [6.07, 6.45) is 4.57. The van der Waals surface area contributed by atoms with Gasteiger partial charge in [-0.25, -0.2) is 4.98 Å². The predicted molar refractivity (Wildman–Crippen MR) is 71.7 cm³/mol. The molecule has 4 nitrogen and oxygen atoms in total. The summed E-state index contributed by atoms with van der Waals surface area (Å²) < 4.78 is 0. The third-order valence-electron chi connectivity index (χ3n) is 3.68. The van der Waals surface area contributed by atoms with Crippen molar-refractivity contribution in [2.45, 2.75) is 32.6 Å². The maximum atomic E-state index is 11.9. The van der Waals surface area contributed by atoms with Crippen LogP contribution in [0.5, 0.6) is 0 Å². The first-order valence-corrected chi connectivity index (χ1v) is 7.40. The third kappa shape index (κ3) is 3.29. The fourth-order valence-electron chi connectivity index (χ4n) is 2.58. The molecule has 5 heteroatoms. The smallest absolute Gasteiger partial charge is 0.270 e. The maximum Gasteiger partial charge on any atom is 0.270 e. The molecule has 1 fully saturated rings. The average Bonchev–Trinajstić information content (AvgIpc) is 2.83. The van der Waals surface area contributed by atoms with Gasteiger partial charge in [0, 0.05) is 18.5 Å². The number of aromatic nitrogens is 1. The van der Waals surface area contributed by atoms with Crippen LogP contribution < -0.4 is 5.32 Å². The van der Waals surface area contributed by atoms with Crippen molar-refractivity contribution < 1.29 is 9.90 Å². The second-order valence-corrected chi connectivity index (χ2v) is 6.01. The Bertz CT molecular complexity index is 405. The van der Waals surface area contributed by atoms with Crippen LogP contribution in [0.4, 0.5) is 0 Å². The summed E-state index contributed by atoms with van der Waals surface area (Å²) >= 11 is 1.49. The fraction of sp³-hybridized carbons (Fsp3) is 0.692. The van der Waals surface area contributed by atoms with Crippen molar-refractivity contribution in [3.63, 3.8) is 0 Å². The maximum absolute atomic E-state index is 11.9. The van der Waals surface area contributed by atoms with Crippen LogP contribution in [0.2, 0.25) is 0 Å². The van der Waals surface area contributed by atoms with Gasteiger partial charge in [-0.05, 0) is 31.6 Å². The van der Waals surface area contributed by atoms with E-state index >= 15 is 0 Å². The molecule has 0 aliphatic heterocycles. The first-order valence-electron chi connectivity index (χ1n) is 6.52. The van der Waals surface area contributed by atoms with Crippen molar-refractivity contribution in [3.8, 4) is 0 Å². The van der Waals surface area contributed by atoms with Gasteiger partial charge in [0.05, 0.1) is 5.01 Å². The number of nitrogens with one attached hydrogen (secondary N) is 1. The molecule has 18 heavy (non-hydrogen) atoms. The fourth-order valence-corrected chi connectivity index (χ4v) is 3.17. The summed E-state index contributed by atoms with van der Waals surface area (Å²) in [7, 11) is 0. The van der Waals surface area contributed by atoms with Crippen LogP contribution in [0.3, 0.4) is 0 Å². The number of rotatable bonds is 4. The number of aryl methyl sites for hydroxylation is 1. The molecule has 1 heterocycles. The van der Waals surface area contributed by atoms with Crippen LogP contribution in [0.25, 0.3) is 0 Å². The van der Waals surface area contributed by atoms with E-state index < -0.39 is 0 Å². The first kappa shape index (κ1) is 13.5. The lowest BCUT2D eigenvalue weighted by Crippen LogP contribution is -2.35. The van der Waals surface area contributed by atoms with Crippen LogP contribution in [0, 0.1) is 18.8 Å². The van der Waals surface area contributed by atoms with Gasteiger partial charge in [-0.2, -0.15) is 0 Å². The summed E-state index contributed by atoms with van der Waals surface area (Å²) in [4.78, 5) is 16.0. The molecule has 2 N–H and O–H groups in total. The Morgan fingerprint density at radius 2 is 2.22 bits per heavy atom. The molecular weight excluding hydrogens is 248 g/mol. The Labute approximate surface area is 111 Å². The second-order valence-electron chi connectivity index (χ2n) is 4.95. The monoisotopic (exact) mass is 268 g/mol. The van der Waals surface area contributed by atoms with E-state index in [-0.39, 0.29) is 12.5 Å². The number of aliphatic hydroxyl groups is 1. The zero-order chi connectivity index (χ0) is 13.0. The molecule has 0 saturated heterocycles. The van der Waals surface area contributed by atoms with E-state index in [0.717, 1.165) is 17.8 Å². The number of carbonyl (C=O) groups excluding carboxylic acids is 1. The highest BCUT2D eigenvalue weighted by Crippen LogP contribution is 2.29. The molecule has 1 aliphatic carbocycles. The Balaban J connectivity index is 1.85. The minimum absolute atomic E-state index is 0.0957. The molecule has 0 radical (unpaired) electrons. The molecule has 1 aliphatic rings. The molecule has 0 bridgehead atoms. The minimum atomic E-state index is -0.0957. The van der Waals surface area contributed by atoms with E-state index in [4.69, 9.17) is 0 Å². The lowest BCUT2D eigenvalue weighted by atomic mass is 9.79. The van der Waals surface area contributed by atoms with E-state index in [0.29, 0.717) is 24.1 Å². The molecule has 1 amide bonds. The van der Waals surface area contributed by atoms with Crippen LogP contribution in [-0.4, -0.2) is 29.1 Å². The highest BCUT2D eigenvalue weighted by molar-refractivity contribution is 7.09. The number of carbonyl (C=O) groups is 1. The van der Waals surface area contributed by atoms with Crippen LogP contribution >= 0.6 is 11.3 Å². The summed E-state index contributed by atoms with van der Waals surface area (Å²) in [6.45, 7) is 2.78. The van der Waals surface area contributed by atoms with E-state index in [1.165, 1.54) is 24.2 Å². The zero-order valence-electron chi connectivity index (χ0n) is 10.7. The van der Waals surface area contributed by atoms with Crippen molar-refractivity contribution in [3.05, 3.63) is 16.1 Å². The van der Waals surface area contributed by atoms with Gasteiger partial charge < -0.3 is 10.4 Å². The number of thiazole rings is 1. The van der Waals surface area contributed by atoms with Crippen LogP contribution in [0.1, 0.15) is 41.2 Å². The van der Waals surface area contributed by atoms with Crippen molar-refractivity contribution in [2.24, 2.45) is 11.8 Å². The Morgan fingerprint density at radius 1 is 1.50 bits per heavy atom. The molecule has 2 atom stereocenters. The van der Waals surface area contributed by atoms with E-state index in [1.807, 2.05) is 6.92 Å². The van der Waals surface area contributed by atoms with Gasteiger partial charge in [0.2, 0.25) is 0 Å². The molecule has 2 rings (SSSR count). The average molecular weight is 268 g/mol. The highest BCUT2D eigenvalue weighted by atomic mass is 32.1. The largest absolute Gasteiger partial charge is 0.396 e. The first-order chi connectivity index (χ1) is 8.70. The quantitative estimate of drug-likeness (QED) is 0.877. The standard InChI is InChI=1S/C13H20N2O2S/c1-9-15-12(8-18-9)13(17)14-6-10-4-2-3-5-11(10)7-16/h8,10-11,16H,2-7H2,1H3,(H,14,17). The Kier molecular flexibility index (Phi) is 4.72.